The Morgan fingerprint density at radius 2 is 2.04 bits per heavy atom. The van der Waals surface area contributed by atoms with Crippen molar-refractivity contribution in [1.29, 1.82) is 0 Å². The van der Waals surface area contributed by atoms with Gasteiger partial charge in [-0.2, -0.15) is 0 Å². The number of rotatable bonds is 6. The minimum atomic E-state index is 0.787. The number of aryl methyl sites for hydroxylation is 2. The van der Waals surface area contributed by atoms with Gasteiger partial charge < -0.3 is 13.4 Å². The number of para-hydroxylation sites is 2. The Bertz CT molecular complexity index is 969. The zero-order valence-electron chi connectivity index (χ0n) is 14.1. The second-order valence-corrected chi connectivity index (χ2v) is 6.85. The van der Waals surface area contributed by atoms with Crippen LogP contribution in [-0.4, -0.2) is 25.5 Å². The molecule has 0 fully saturated rings. The molecule has 6 nitrogen and oxygen atoms in total. The van der Waals surface area contributed by atoms with E-state index >= 15 is 0 Å². The molecule has 25 heavy (non-hydrogen) atoms. The van der Waals surface area contributed by atoms with Crippen molar-refractivity contribution in [3.63, 3.8) is 0 Å². The molecule has 0 spiro atoms. The molecule has 0 amide bonds. The molecule has 4 rings (SSSR count). The number of furan rings is 1. The topological polar surface area (TPSA) is 69.9 Å². The van der Waals surface area contributed by atoms with E-state index in [0.29, 0.717) is 0 Å². The molecular weight excluding hydrogens is 336 g/mol. The smallest absolute Gasteiger partial charge is 0.195 e. The van der Waals surface area contributed by atoms with Gasteiger partial charge in [-0.25, -0.2) is 4.98 Å². The lowest BCUT2D eigenvalue weighted by atomic mass is 10.2. The molecule has 3 heterocycles. The fourth-order valence-corrected chi connectivity index (χ4v) is 3.56. The van der Waals surface area contributed by atoms with Gasteiger partial charge >= 0.3 is 0 Å². The summed E-state index contributed by atoms with van der Waals surface area (Å²) in [5.41, 5.74) is 2.74. The highest BCUT2D eigenvalue weighted by atomic mass is 32.2. The van der Waals surface area contributed by atoms with Gasteiger partial charge in [-0.1, -0.05) is 23.9 Å². The second kappa shape index (κ2) is 6.76. The maximum Gasteiger partial charge on any atom is 0.195 e. The van der Waals surface area contributed by atoms with E-state index in [2.05, 4.69) is 15.2 Å². The zero-order valence-corrected chi connectivity index (χ0v) is 14.9. The van der Waals surface area contributed by atoms with Crippen molar-refractivity contribution in [1.82, 2.24) is 19.7 Å². The van der Waals surface area contributed by atoms with Gasteiger partial charge in [-0.3, -0.25) is 0 Å². The van der Waals surface area contributed by atoms with Crippen molar-refractivity contribution in [2.24, 2.45) is 7.05 Å². The molecule has 128 valence electrons. The third-order valence-corrected chi connectivity index (χ3v) is 5.15. The predicted molar refractivity (Wildman–Crippen MR) is 96.5 cm³/mol. The van der Waals surface area contributed by atoms with Gasteiger partial charge in [0.25, 0.3) is 0 Å². The summed E-state index contributed by atoms with van der Waals surface area (Å²) in [6.45, 7) is 1.93. The maximum absolute atomic E-state index is 5.75. The number of nitrogens with zero attached hydrogens (tertiary/aromatic N) is 4. The van der Waals surface area contributed by atoms with Gasteiger partial charge in [0.15, 0.2) is 22.5 Å². The molecule has 7 heteroatoms. The Balaban J connectivity index is 1.36. The third kappa shape index (κ3) is 3.19. The summed E-state index contributed by atoms with van der Waals surface area (Å²) in [5, 5.41) is 9.47. The van der Waals surface area contributed by atoms with E-state index in [1.807, 2.05) is 48.9 Å². The van der Waals surface area contributed by atoms with Crippen molar-refractivity contribution < 1.29 is 8.83 Å². The third-order valence-electron chi connectivity index (χ3n) is 4.04. The SMILES string of the molecule is Cc1occc1-c1nnc(SCCCc2nc3ccccc3o2)n1C. The molecule has 1 aromatic carbocycles. The molecule has 0 N–H and O–H groups in total. The van der Waals surface area contributed by atoms with Crippen LogP contribution in [-0.2, 0) is 13.5 Å². The molecule has 0 unspecified atom stereocenters. The van der Waals surface area contributed by atoms with E-state index in [0.717, 1.165) is 57.9 Å². The van der Waals surface area contributed by atoms with E-state index in [9.17, 15) is 0 Å². The van der Waals surface area contributed by atoms with Crippen LogP contribution in [0, 0.1) is 6.92 Å². The Kier molecular flexibility index (Phi) is 4.31. The van der Waals surface area contributed by atoms with Crippen molar-refractivity contribution in [3.05, 3.63) is 48.2 Å². The molecule has 0 aliphatic carbocycles. The van der Waals surface area contributed by atoms with E-state index < -0.39 is 0 Å². The van der Waals surface area contributed by atoms with Crippen molar-refractivity contribution >= 4 is 22.9 Å². The maximum atomic E-state index is 5.75. The Hall–Kier alpha value is -2.54. The Labute approximate surface area is 149 Å². The van der Waals surface area contributed by atoms with Gasteiger partial charge in [-0.15, -0.1) is 10.2 Å². The Morgan fingerprint density at radius 3 is 2.84 bits per heavy atom. The van der Waals surface area contributed by atoms with E-state index in [1.165, 1.54) is 0 Å². The standard InChI is InChI=1S/C18H18N4O2S/c1-12-13(9-10-23-12)17-20-21-18(22(17)2)25-11-5-8-16-19-14-6-3-4-7-15(14)24-16/h3-4,6-7,9-10H,5,8,11H2,1-2H3. The van der Waals surface area contributed by atoms with Crippen molar-refractivity contribution in [2.75, 3.05) is 5.75 Å². The first kappa shape index (κ1) is 16.0. The monoisotopic (exact) mass is 354 g/mol. The van der Waals surface area contributed by atoms with Crippen LogP contribution < -0.4 is 0 Å². The summed E-state index contributed by atoms with van der Waals surface area (Å²) in [6.07, 6.45) is 3.45. The summed E-state index contributed by atoms with van der Waals surface area (Å²) in [6, 6.07) is 9.76. The van der Waals surface area contributed by atoms with Gasteiger partial charge in [-0.05, 0) is 31.5 Å². The first-order chi connectivity index (χ1) is 12.2. The highest BCUT2D eigenvalue weighted by Crippen LogP contribution is 2.26. The van der Waals surface area contributed by atoms with Crippen LogP contribution in [0.1, 0.15) is 18.1 Å². The van der Waals surface area contributed by atoms with E-state index in [4.69, 9.17) is 8.83 Å². The number of oxazole rings is 1. The highest BCUT2D eigenvalue weighted by Gasteiger charge is 2.14. The highest BCUT2D eigenvalue weighted by molar-refractivity contribution is 7.99. The minimum Gasteiger partial charge on any atom is -0.469 e. The fraction of sp³-hybridized carbons (Fsp3) is 0.278. The van der Waals surface area contributed by atoms with Crippen molar-refractivity contribution in [2.45, 2.75) is 24.9 Å². The molecule has 0 atom stereocenters. The molecule has 0 bridgehead atoms. The number of fused-ring (bicyclic) bond motifs is 1. The van der Waals surface area contributed by atoms with Crippen LogP contribution in [0.25, 0.3) is 22.5 Å². The van der Waals surface area contributed by atoms with Gasteiger partial charge in [0.1, 0.15) is 11.3 Å². The molecule has 0 saturated heterocycles. The van der Waals surface area contributed by atoms with Gasteiger partial charge in [0, 0.05) is 19.2 Å². The van der Waals surface area contributed by atoms with Crippen LogP contribution in [0.2, 0.25) is 0 Å². The first-order valence-corrected chi connectivity index (χ1v) is 9.12. The van der Waals surface area contributed by atoms with E-state index in [1.54, 1.807) is 18.0 Å². The number of hydrogen-bond acceptors (Lipinski definition) is 6. The largest absolute Gasteiger partial charge is 0.469 e. The lowest BCUT2D eigenvalue weighted by Crippen LogP contribution is -1.96. The Morgan fingerprint density at radius 1 is 1.16 bits per heavy atom. The summed E-state index contributed by atoms with van der Waals surface area (Å²) in [4.78, 5) is 4.50. The number of benzene rings is 1. The first-order valence-electron chi connectivity index (χ1n) is 8.13. The van der Waals surface area contributed by atoms with E-state index in [-0.39, 0.29) is 0 Å². The lowest BCUT2D eigenvalue weighted by Gasteiger charge is -2.02. The summed E-state index contributed by atoms with van der Waals surface area (Å²) >= 11 is 1.69. The molecule has 0 radical (unpaired) electrons. The van der Waals surface area contributed by atoms with Crippen LogP contribution >= 0.6 is 11.8 Å². The summed E-state index contributed by atoms with van der Waals surface area (Å²) < 4.78 is 13.1. The quantitative estimate of drug-likeness (QED) is 0.381. The average molecular weight is 354 g/mol. The molecule has 0 aliphatic heterocycles. The van der Waals surface area contributed by atoms with Gasteiger partial charge in [0.2, 0.25) is 0 Å². The number of hydrogen-bond donors (Lipinski definition) is 0. The minimum absolute atomic E-state index is 0.787. The molecule has 0 saturated carbocycles. The van der Waals surface area contributed by atoms with Crippen LogP contribution in [0.5, 0.6) is 0 Å². The molecule has 3 aromatic heterocycles. The zero-order chi connectivity index (χ0) is 17.2. The van der Waals surface area contributed by atoms with Crippen LogP contribution in [0.15, 0.2) is 50.6 Å². The molecule has 4 aromatic rings. The average Bonchev–Trinajstić information content (AvgIpc) is 3.30. The normalized spacial score (nSPS) is 11.4. The van der Waals surface area contributed by atoms with Gasteiger partial charge in [0.05, 0.1) is 11.8 Å². The second-order valence-electron chi connectivity index (χ2n) is 5.78. The number of aromatic nitrogens is 4. The summed E-state index contributed by atoms with van der Waals surface area (Å²) in [7, 11) is 1.98. The fourth-order valence-electron chi connectivity index (χ4n) is 2.71. The number of thioether (sulfide) groups is 1. The van der Waals surface area contributed by atoms with Crippen molar-refractivity contribution in [3.8, 4) is 11.4 Å². The molecular formula is C18H18N4O2S. The lowest BCUT2D eigenvalue weighted by molar-refractivity contribution is 0.526. The summed E-state index contributed by atoms with van der Waals surface area (Å²) in [5.74, 6) is 3.39. The molecule has 0 aliphatic rings. The van der Waals surface area contributed by atoms with Crippen LogP contribution in [0.4, 0.5) is 0 Å². The predicted octanol–water partition coefficient (Wildman–Crippen LogP) is 4.25. The van der Waals surface area contributed by atoms with Crippen LogP contribution in [0.3, 0.4) is 0 Å².